The predicted molar refractivity (Wildman–Crippen MR) is 178 cm³/mol. The number of carbonyl (C=O) groups is 3. The standard InChI is InChI=1S/C34H31Cl2N3O3S/c1-21(2)23-12-14-25(15-13-23)37-32(40)22(3)43-27-18-16-26(17-19-27)38-34(42)31(20-28-29(35)10-7-11-30(28)36)39-33(41)24-8-5-4-6-9-24/h4-22H,1-3H3,(H,37,40)(H,38,42)(H,39,41)/b31-20-. The van der Waals surface area contributed by atoms with Gasteiger partial charge in [-0.3, -0.25) is 14.4 Å². The van der Waals surface area contributed by atoms with Crippen LogP contribution in [-0.2, 0) is 9.59 Å². The summed E-state index contributed by atoms with van der Waals surface area (Å²) in [6.45, 7) is 6.09. The van der Waals surface area contributed by atoms with Gasteiger partial charge in [-0.15, -0.1) is 11.8 Å². The van der Waals surface area contributed by atoms with Crippen molar-refractivity contribution in [1.82, 2.24) is 5.32 Å². The number of hydrogen-bond acceptors (Lipinski definition) is 4. The molecule has 6 nitrogen and oxygen atoms in total. The minimum atomic E-state index is -0.558. The summed E-state index contributed by atoms with van der Waals surface area (Å²) in [5.74, 6) is -0.706. The third-order valence-corrected chi connectivity index (χ3v) is 8.23. The van der Waals surface area contributed by atoms with Crippen LogP contribution < -0.4 is 16.0 Å². The minimum absolute atomic E-state index is 0.0333. The molecule has 4 rings (SSSR count). The van der Waals surface area contributed by atoms with E-state index in [4.69, 9.17) is 23.2 Å². The number of thioether (sulfide) groups is 1. The second-order valence-corrected chi connectivity index (χ2v) is 12.2. The van der Waals surface area contributed by atoms with E-state index in [0.717, 1.165) is 10.6 Å². The highest BCUT2D eigenvalue weighted by molar-refractivity contribution is 8.00. The molecule has 43 heavy (non-hydrogen) atoms. The lowest BCUT2D eigenvalue weighted by atomic mass is 10.0. The van der Waals surface area contributed by atoms with Gasteiger partial charge in [-0.05, 0) is 85.1 Å². The molecule has 9 heteroatoms. The Kier molecular flexibility index (Phi) is 11.1. The molecule has 0 fully saturated rings. The fourth-order valence-electron chi connectivity index (χ4n) is 4.00. The number of anilines is 2. The zero-order chi connectivity index (χ0) is 30.9. The topological polar surface area (TPSA) is 87.3 Å². The van der Waals surface area contributed by atoms with E-state index in [9.17, 15) is 14.4 Å². The first-order valence-corrected chi connectivity index (χ1v) is 15.2. The monoisotopic (exact) mass is 631 g/mol. The molecule has 0 saturated heterocycles. The van der Waals surface area contributed by atoms with Crippen LogP contribution in [0.4, 0.5) is 11.4 Å². The van der Waals surface area contributed by atoms with Crippen LogP contribution >= 0.6 is 35.0 Å². The van der Waals surface area contributed by atoms with Crippen LogP contribution in [-0.4, -0.2) is 23.0 Å². The smallest absolute Gasteiger partial charge is 0.272 e. The van der Waals surface area contributed by atoms with Crippen LogP contribution in [0.2, 0.25) is 10.0 Å². The molecule has 0 aliphatic heterocycles. The fraction of sp³-hybridized carbons (Fsp3) is 0.147. The summed E-state index contributed by atoms with van der Waals surface area (Å²) in [5.41, 5.74) is 3.22. The van der Waals surface area contributed by atoms with Gasteiger partial charge in [0, 0.05) is 37.4 Å². The number of nitrogens with one attached hydrogen (secondary N) is 3. The van der Waals surface area contributed by atoms with Crippen LogP contribution in [0.3, 0.4) is 0 Å². The third-order valence-electron chi connectivity index (χ3n) is 6.46. The quantitative estimate of drug-likeness (QED) is 0.121. The fourth-order valence-corrected chi connectivity index (χ4v) is 5.38. The molecule has 1 unspecified atom stereocenters. The van der Waals surface area contributed by atoms with Crippen molar-refractivity contribution >= 4 is 70.1 Å². The SMILES string of the molecule is CC(Sc1ccc(NC(=O)/C(=C/c2c(Cl)cccc2Cl)NC(=O)c2ccccc2)cc1)C(=O)Nc1ccc(C(C)C)cc1. The van der Waals surface area contributed by atoms with E-state index in [1.807, 2.05) is 43.3 Å². The van der Waals surface area contributed by atoms with Crippen molar-refractivity contribution in [2.24, 2.45) is 0 Å². The number of rotatable bonds is 10. The number of carbonyl (C=O) groups excluding carboxylic acids is 3. The Morgan fingerprint density at radius 3 is 1.91 bits per heavy atom. The van der Waals surface area contributed by atoms with Crippen molar-refractivity contribution in [3.8, 4) is 0 Å². The maximum Gasteiger partial charge on any atom is 0.272 e. The first kappa shape index (κ1) is 31.9. The summed E-state index contributed by atoms with van der Waals surface area (Å²) in [6, 6.07) is 28.5. The number of amides is 3. The highest BCUT2D eigenvalue weighted by atomic mass is 35.5. The summed E-state index contributed by atoms with van der Waals surface area (Å²) < 4.78 is 0. The Morgan fingerprint density at radius 2 is 1.30 bits per heavy atom. The zero-order valence-electron chi connectivity index (χ0n) is 23.9. The largest absolute Gasteiger partial charge is 0.325 e. The molecule has 0 aromatic heterocycles. The molecule has 4 aromatic carbocycles. The van der Waals surface area contributed by atoms with Crippen molar-refractivity contribution < 1.29 is 14.4 Å². The second kappa shape index (κ2) is 14.9. The Labute approximate surface area is 265 Å². The van der Waals surface area contributed by atoms with E-state index in [1.165, 1.54) is 23.4 Å². The van der Waals surface area contributed by atoms with Crippen molar-refractivity contribution in [3.05, 3.63) is 129 Å². The molecule has 3 N–H and O–H groups in total. The van der Waals surface area contributed by atoms with Gasteiger partial charge in [0.25, 0.3) is 11.8 Å². The second-order valence-electron chi connectivity index (χ2n) is 10.0. The average Bonchev–Trinajstić information content (AvgIpc) is 3.00. The molecule has 3 amide bonds. The van der Waals surface area contributed by atoms with Crippen molar-refractivity contribution in [3.63, 3.8) is 0 Å². The highest BCUT2D eigenvalue weighted by Gasteiger charge is 2.18. The summed E-state index contributed by atoms with van der Waals surface area (Å²) in [4.78, 5) is 39.9. The van der Waals surface area contributed by atoms with E-state index in [0.29, 0.717) is 32.8 Å². The molecular formula is C34H31Cl2N3O3S. The van der Waals surface area contributed by atoms with Gasteiger partial charge in [0.05, 0.1) is 5.25 Å². The van der Waals surface area contributed by atoms with Crippen LogP contribution in [0.5, 0.6) is 0 Å². The minimum Gasteiger partial charge on any atom is -0.325 e. The first-order valence-electron chi connectivity index (χ1n) is 13.6. The van der Waals surface area contributed by atoms with Gasteiger partial charge >= 0.3 is 0 Å². The highest BCUT2D eigenvalue weighted by Crippen LogP contribution is 2.28. The Bertz CT molecular complexity index is 1600. The van der Waals surface area contributed by atoms with E-state index in [-0.39, 0.29) is 16.9 Å². The molecule has 4 aromatic rings. The lowest BCUT2D eigenvalue weighted by Crippen LogP contribution is -2.30. The normalized spacial score (nSPS) is 12.0. The van der Waals surface area contributed by atoms with Crippen molar-refractivity contribution in [2.75, 3.05) is 10.6 Å². The molecule has 0 radical (unpaired) electrons. The zero-order valence-corrected chi connectivity index (χ0v) is 26.2. The number of halogens is 2. The van der Waals surface area contributed by atoms with E-state index < -0.39 is 11.8 Å². The summed E-state index contributed by atoms with van der Waals surface area (Å²) in [5, 5.41) is 8.76. The number of benzene rings is 4. The molecule has 0 saturated carbocycles. The van der Waals surface area contributed by atoms with Gasteiger partial charge in [-0.2, -0.15) is 0 Å². The number of hydrogen-bond donors (Lipinski definition) is 3. The van der Waals surface area contributed by atoms with Crippen LogP contribution in [0.15, 0.2) is 108 Å². The maximum atomic E-state index is 13.4. The lowest BCUT2D eigenvalue weighted by molar-refractivity contribution is -0.115. The van der Waals surface area contributed by atoms with Gasteiger partial charge in [-0.25, -0.2) is 0 Å². The Balaban J connectivity index is 1.43. The van der Waals surface area contributed by atoms with Crippen LogP contribution in [0.25, 0.3) is 6.08 Å². The molecule has 0 aliphatic carbocycles. The average molecular weight is 633 g/mol. The molecule has 0 aliphatic rings. The molecule has 0 bridgehead atoms. The Hall–Kier alpha value is -4.04. The summed E-state index contributed by atoms with van der Waals surface area (Å²) in [7, 11) is 0. The van der Waals surface area contributed by atoms with Gasteiger partial charge in [0.1, 0.15) is 5.70 Å². The predicted octanol–water partition coefficient (Wildman–Crippen LogP) is 8.65. The van der Waals surface area contributed by atoms with Gasteiger partial charge < -0.3 is 16.0 Å². The first-order chi connectivity index (χ1) is 20.6. The molecular weight excluding hydrogens is 601 g/mol. The summed E-state index contributed by atoms with van der Waals surface area (Å²) >= 11 is 14.1. The molecule has 1 atom stereocenters. The Morgan fingerprint density at radius 1 is 0.721 bits per heavy atom. The maximum absolute atomic E-state index is 13.4. The molecule has 0 spiro atoms. The lowest BCUT2D eigenvalue weighted by Gasteiger charge is -2.14. The third kappa shape index (κ3) is 8.97. The van der Waals surface area contributed by atoms with E-state index in [2.05, 4.69) is 29.8 Å². The summed E-state index contributed by atoms with van der Waals surface area (Å²) in [6.07, 6.45) is 1.45. The van der Waals surface area contributed by atoms with Crippen LogP contribution in [0.1, 0.15) is 48.2 Å². The van der Waals surface area contributed by atoms with Crippen molar-refractivity contribution in [1.29, 1.82) is 0 Å². The van der Waals surface area contributed by atoms with Gasteiger partial charge in [0.15, 0.2) is 0 Å². The van der Waals surface area contributed by atoms with Gasteiger partial charge in [0.2, 0.25) is 5.91 Å². The molecule has 0 heterocycles. The van der Waals surface area contributed by atoms with E-state index in [1.54, 1.807) is 60.7 Å². The van der Waals surface area contributed by atoms with Crippen LogP contribution in [0, 0.1) is 0 Å². The molecule has 220 valence electrons. The van der Waals surface area contributed by atoms with Crippen molar-refractivity contribution in [2.45, 2.75) is 36.8 Å². The van der Waals surface area contributed by atoms with E-state index >= 15 is 0 Å². The van der Waals surface area contributed by atoms with Gasteiger partial charge in [-0.1, -0.05) is 73.4 Å².